The highest BCUT2D eigenvalue weighted by atomic mass is 16.2. The summed E-state index contributed by atoms with van der Waals surface area (Å²) < 4.78 is 1.06. The molecule has 1 aromatic rings. The SMILES string of the molecule is O=C(Cn1[nH]c(=O)ccc1=O)C1CC1. The molecule has 1 aromatic heterocycles. The molecule has 0 unspecified atom stereocenters. The number of hydrogen-bond acceptors (Lipinski definition) is 3. The van der Waals surface area contributed by atoms with Gasteiger partial charge in [0.1, 0.15) is 6.54 Å². The molecule has 2 rings (SSSR count). The number of aromatic nitrogens is 2. The molecule has 0 amide bonds. The van der Waals surface area contributed by atoms with Crippen LogP contribution in [0.1, 0.15) is 12.8 Å². The van der Waals surface area contributed by atoms with Crippen LogP contribution in [0.5, 0.6) is 0 Å². The fourth-order valence-electron chi connectivity index (χ4n) is 1.27. The van der Waals surface area contributed by atoms with Gasteiger partial charge in [-0.15, -0.1) is 0 Å². The van der Waals surface area contributed by atoms with Crippen LogP contribution in [0.2, 0.25) is 0 Å². The first-order valence-electron chi connectivity index (χ1n) is 4.50. The lowest BCUT2D eigenvalue weighted by atomic mass is 10.3. The molecule has 5 heteroatoms. The molecule has 0 spiro atoms. The van der Waals surface area contributed by atoms with E-state index in [9.17, 15) is 14.4 Å². The molecule has 0 radical (unpaired) electrons. The first-order valence-corrected chi connectivity index (χ1v) is 4.50. The van der Waals surface area contributed by atoms with Crippen molar-refractivity contribution in [2.75, 3.05) is 0 Å². The van der Waals surface area contributed by atoms with Gasteiger partial charge in [-0.25, -0.2) is 4.68 Å². The van der Waals surface area contributed by atoms with Crippen LogP contribution in [-0.2, 0) is 11.3 Å². The van der Waals surface area contributed by atoms with Gasteiger partial charge in [0.15, 0.2) is 5.78 Å². The van der Waals surface area contributed by atoms with E-state index in [1.54, 1.807) is 0 Å². The molecular formula is C9H10N2O3. The summed E-state index contributed by atoms with van der Waals surface area (Å²) >= 11 is 0. The molecule has 0 aliphatic heterocycles. The van der Waals surface area contributed by atoms with Crippen molar-refractivity contribution in [1.29, 1.82) is 0 Å². The predicted octanol–water partition coefficient (Wildman–Crippen LogP) is -0.484. The average Bonchev–Trinajstić information content (AvgIpc) is 2.94. The molecule has 0 saturated heterocycles. The second-order valence-electron chi connectivity index (χ2n) is 3.47. The lowest BCUT2D eigenvalue weighted by molar-refractivity contribution is -0.121. The Labute approximate surface area is 79.4 Å². The Morgan fingerprint density at radius 3 is 2.79 bits per heavy atom. The van der Waals surface area contributed by atoms with Gasteiger partial charge in [0.05, 0.1) is 0 Å². The van der Waals surface area contributed by atoms with Gasteiger partial charge in [-0.1, -0.05) is 0 Å². The number of nitrogens with zero attached hydrogens (tertiary/aromatic N) is 1. The molecule has 5 nitrogen and oxygen atoms in total. The molecule has 0 bridgehead atoms. The van der Waals surface area contributed by atoms with Crippen molar-refractivity contribution in [3.63, 3.8) is 0 Å². The lowest BCUT2D eigenvalue weighted by Gasteiger charge is -2.01. The Hall–Kier alpha value is -1.65. The van der Waals surface area contributed by atoms with E-state index in [1.165, 1.54) is 6.07 Å². The average molecular weight is 194 g/mol. The van der Waals surface area contributed by atoms with Gasteiger partial charge in [0, 0.05) is 18.1 Å². The van der Waals surface area contributed by atoms with E-state index in [4.69, 9.17) is 0 Å². The zero-order valence-corrected chi connectivity index (χ0v) is 7.53. The molecule has 0 atom stereocenters. The second kappa shape index (κ2) is 3.25. The van der Waals surface area contributed by atoms with Crippen LogP contribution in [0.3, 0.4) is 0 Å². The van der Waals surface area contributed by atoms with E-state index >= 15 is 0 Å². The van der Waals surface area contributed by atoms with E-state index < -0.39 is 0 Å². The van der Waals surface area contributed by atoms with Crippen molar-refractivity contribution in [3.05, 3.63) is 32.8 Å². The fraction of sp³-hybridized carbons (Fsp3) is 0.444. The van der Waals surface area contributed by atoms with Gasteiger partial charge in [0.2, 0.25) is 0 Å². The zero-order chi connectivity index (χ0) is 10.1. The minimum absolute atomic E-state index is 0.0143. The highest BCUT2D eigenvalue weighted by Crippen LogP contribution is 2.29. The summed E-state index contributed by atoms with van der Waals surface area (Å²) in [6.07, 6.45) is 1.81. The number of Topliss-reactive ketones (excluding diaryl/α,β-unsaturated/α-hetero) is 1. The van der Waals surface area contributed by atoms with Crippen molar-refractivity contribution in [1.82, 2.24) is 9.78 Å². The highest BCUT2D eigenvalue weighted by Gasteiger charge is 2.29. The van der Waals surface area contributed by atoms with E-state index in [-0.39, 0.29) is 29.4 Å². The summed E-state index contributed by atoms with van der Waals surface area (Å²) in [5.41, 5.74) is -0.716. The molecule has 1 saturated carbocycles. The molecule has 1 N–H and O–H groups in total. The number of hydrogen-bond donors (Lipinski definition) is 1. The number of rotatable bonds is 3. The van der Waals surface area contributed by atoms with Gasteiger partial charge in [0.25, 0.3) is 11.1 Å². The predicted molar refractivity (Wildman–Crippen MR) is 49.1 cm³/mol. The van der Waals surface area contributed by atoms with Crippen molar-refractivity contribution in [2.45, 2.75) is 19.4 Å². The molecule has 1 aliphatic rings. The van der Waals surface area contributed by atoms with Crippen molar-refractivity contribution in [2.24, 2.45) is 5.92 Å². The first-order chi connectivity index (χ1) is 6.66. The van der Waals surface area contributed by atoms with Crippen molar-refractivity contribution < 1.29 is 4.79 Å². The van der Waals surface area contributed by atoms with E-state index in [0.717, 1.165) is 23.6 Å². The number of carbonyl (C=O) groups excluding carboxylic acids is 1. The van der Waals surface area contributed by atoms with Crippen molar-refractivity contribution in [3.8, 4) is 0 Å². The van der Waals surface area contributed by atoms with Crippen LogP contribution in [-0.4, -0.2) is 15.6 Å². The maximum absolute atomic E-state index is 11.4. The number of ketones is 1. The number of nitrogens with one attached hydrogen (secondary N) is 1. The van der Waals surface area contributed by atoms with Gasteiger partial charge in [-0.3, -0.25) is 19.5 Å². The summed E-state index contributed by atoms with van der Waals surface area (Å²) in [6, 6.07) is 2.32. The Kier molecular flexibility index (Phi) is 2.07. The molecule has 1 heterocycles. The number of aromatic amines is 1. The summed E-state index contributed by atoms with van der Waals surface area (Å²) in [5, 5.41) is 2.32. The number of H-pyrrole nitrogens is 1. The van der Waals surface area contributed by atoms with Crippen molar-refractivity contribution >= 4 is 5.78 Å². The third-order valence-electron chi connectivity index (χ3n) is 2.24. The first kappa shape index (κ1) is 8.93. The smallest absolute Gasteiger partial charge is 0.265 e. The molecule has 14 heavy (non-hydrogen) atoms. The zero-order valence-electron chi connectivity index (χ0n) is 7.53. The van der Waals surface area contributed by atoms with Gasteiger partial charge in [-0.05, 0) is 12.8 Å². The molecule has 1 fully saturated rings. The fourth-order valence-corrected chi connectivity index (χ4v) is 1.27. The normalized spacial score (nSPS) is 15.4. The standard InChI is InChI=1S/C9H10N2O3/c12-7(6-1-2-6)5-11-9(14)4-3-8(13)10-11/h3-4,6H,1-2,5H2,(H,10,13). The van der Waals surface area contributed by atoms with Gasteiger partial charge in [-0.2, -0.15) is 0 Å². The maximum atomic E-state index is 11.4. The second-order valence-corrected chi connectivity index (χ2v) is 3.47. The Morgan fingerprint density at radius 1 is 1.43 bits per heavy atom. The lowest BCUT2D eigenvalue weighted by Crippen LogP contribution is -2.31. The van der Waals surface area contributed by atoms with Crippen LogP contribution in [0.15, 0.2) is 21.7 Å². The summed E-state index contributed by atoms with van der Waals surface area (Å²) in [7, 11) is 0. The van der Waals surface area contributed by atoms with Crippen LogP contribution in [0.4, 0.5) is 0 Å². The van der Waals surface area contributed by atoms with E-state index in [2.05, 4.69) is 5.10 Å². The van der Waals surface area contributed by atoms with Crippen LogP contribution < -0.4 is 11.1 Å². The van der Waals surface area contributed by atoms with Gasteiger partial charge >= 0.3 is 0 Å². The summed E-state index contributed by atoms with van der Waals surface area (Å²) in [4.78, 5) is 33.4. The third-order valence-corrected chi connectivity index (χ3v) is 2.24. The van der Waals surface area contributed by atoms with Gasteiger partial charge < -0.3 is 0 Å². The molecule has 0 aromatic carbocycles. The summed E-state index contributed by atoms with van der Waals surface area (Å²) in [5.74, 6) is 0.125. The van der Waals surface area contributed by atoms with Crippen LogP contribution in [0, 0.1) is 5.92 Å². The Balaban J connectivity index is 2.23. The Morgan fingerprint density at radius 2 is 2.14 bits per heavy atom. The molecule has 1 aliphatic carbocycles. The quantitative estimate of drug-likeness (QED) is 0.706. The summed E-state index contributed by atoms with van der Waals surface area (Å²) in [6.45, 7) is -0.0143. The monoisotopic (exact) mass is 194 g/mol. The third kappa shape index (κ3) is 1.81. The van der Waals surface area contributed by atoms with E-state index in [0.29, 0.717) is 0 Å². The van der Waals surface area contributed by atoms with Crippen LogP contribution >= 0.6 is 0 Å². The Bertz CT molecular complexity index is 467. The van der Waals surface area contributed by atoms with E-state index in [1.807, 2.05) is 0 Å². The minimum Gasteiger partial charge on any atom is -0.297 e. The van der Waals surface area contributed by atoms with Crippen LogP contribution in [0.25, 0.3) is 0 Å². The minimum atomic E-state index is -0.367. The largest absolute Gasteiger partial charge is 0.297 e. The molecular weight excluding hydrogens is 184 g/mol. The highest BCUT2D eigenvalue weighted by molar-refractivity contribution is 5.82. The number of carbonyl (C=O) groups is 1. The maximum Gasteiger partial charge on any atom is 0.265 e. The molecule has 74 valence electrons. The topological polar surface area (TPSA) is 71.9 Å².